The fourth-order valence-corrected chi connectivity index (χ4v) is 3.74. The first kappa shape index (κ1) is 15.8. The highest BCUT2D eigenvalue weighted by Gasteiger charge is 2.24. The van der Waals surface area contributed by atoms with E-state index in [0.29, 0.717) is 18.1 Å². The minimum Gasteiger partial charge on any atom is -0.486 e. The number of nitrogens with one attached hydrogen (secondary N) is 1. The average molecular weight is 333 g/mol. The van der Waals surface area contributed by atoms with Gasteiger partial charge in [-0.3, -0.25) is 0 Å². The Labute approximate surface area is 136 Å². The fraction of sp³-hybridized carbons (Fsp3) is 0.294. The highest BCUT2D eigenvalue weighted by atomic mass is 32.2. The third kappa shape index (κ3) is 3.33. The van der Waals surface area contributed by atoms with Gasteiger partial charge in [0.25, 0.3) is 0 Å². The Hall–Kier alpha value is -2.05. The van der Waals surface area contributed by atoms with Gasteiger partial charge in [0.2, 0.25) is 9.84 Å². The first-order valence-corrected chi connectivity index (χ1v) is 8.98. The largest absolute Gasteiger partial charge is 0.486 e. The molecule has 23 heavy (non-hydrogen) atoms. The van der Waals surface area contributed by atoms with E-state index in [9.17, 15) is 8.42 Å². The molecular weight excluding hydrogens is 314 g/mol. The van der Waals surface area contributed by atoms with Crippen molar-refractivity contribution in [1.82, 2.24) is 5.32 Å². The summed E-state index contributed by atoms with van der Waals surface area (Å²) in [5, 5.41) is 3.07. The van der Waals surface area contributed by atoms with Crippen LogP contribution in [0.1, 0.15) is 6.42 Å². The van der Waals surface area contributed by atoms with Crippen LogP contribution in [0.4, 0.5) is 0 Å². The summed E-state index contributed by atoms with van der Waals surface area (Å²) in [6.45, 7) is 1.26. The van der Waals surface area contributed by atoms with Gasteiger partial charge in [-0.2, -0.15) is 0 Å². The Kier molecular flexibility index (Phi) is 4.54. The maximum atomic E-state index is 12.6. The summed E-state index contributed by atoms with van der Waals surface area (Å²) in [5.41, 5.74) is 0. The van der Waals surface area contributed by atoms with Crippen molar-refractivity contribution in [3.63, 3.8) is 0 Å². The van der Waals surface area contributed by atoms with Gasteiger partial charge in [0.1, 0.15) is 12.7 Å². The Morgan fingerprint density at radius 2 is 1.87 bits per heavy atom. The number of sulfone groups is 1. The molecule has 0 radical (unpaired) electrons. The minimum absolute atomic E-state index is 0.0217. The standard InChI is InChI=1S/C17H19NO4S/c1-18-10-9-13-12-21-17-11-15(7-8-16(17)22-13)23(19,20)14-5-3-2-4-6-14/h2-8,11,13,18H,9-10,12H2,1H3/t13-/m1/s1. The van der Waals surface area contributed by atoms with Crippen molar-refractivity contribution in [2.24, 2.45) is 0 Å². The van der Waals surface area contributed by atoms with Crippen LogP contribution in [0.25, 0.3) is 0 Å². The number of hydrogen-bond donors (Lipinski definition) is 1. The Balaban J connectivity index is 1.85. The van der Waals surface area contributed by atoms with E-state index in [1.54, 1.807) is 42.5 Å². The smallest absolute Gasteiger partial charge is 0.206 e. The Morgan fingerprint density at radius 3 is 2.61 bits per heavy atom. The van der Waals surface area contributed by atoms with Crippen LogP contribution >= 0.6 is 0 Å². The molecule has 1 atom stereocenters. The van der Waals surface area contributed by atoms with Crippen LogP contribution in [-0.4, -0.2) is 34.7 Å². The quantitative estimate of drug-likeness (QED) is 0.909. The summed E-state index contributed by atoms with van der Waals surface area (Å²) in [6, 6.07) is 13.1. The van der Waals surface area contributed by atoms with Crippen LogP contribution < -0.4 is 14.8 Å². The molecule has 1 N–H and O–H groups in total. The summed E-state index contributed by atoms with van der Waals surface area (Å²) in [5.74, 6) is 1.06. The van der Waals surface area contributed by atoms with Gasteiger partial charge in [-0.1, -0.05) is 18.2 Å². The van der Waals surface area contributed by atoms with E-state index in [4.69, 9.17) is 9.47 Å². The van der Waals surface area contributed by atoms with Gasteiger partial charge in [0, 0.05) is 12.5 Å². The number of hydrogen-bond acceptors (Lipinski definition) is 5. The third-order valence-electron chi connectivity index (χ3n) is 3.71. The average Bonchev–Trinajstić information content (AvgIpc) is 2.60. The van der Waals surface area contributed by atoms with Crippen molar-refractivity contribution in [2.45, 2.75) is 22.3 Å². The SMILES string of the molecule is CNCC[C@@H]1COc2cc(S(=O)(=O)c3ccccc3)ccc2O1. The lowest BCUT2D eigenvalue weighted by atomic mass is 10.2. The molecule has 122 valence electrons. The van der Waals surface area contributed by atoms with E-state index in [-0.39, 0.29) is 15.9 Å². The predicted octanol–water partition coefficient (Wildman–Crippen LogP) is 2.27. The molecule has 0 aromatic heterocycles. The second-order valence-electron chi connectivity index (χ2n) is 5.37. The lowest BCUT2D eigenvalue weighted by Gasteiger charge is -2.26. The van der Waals surface area contributed by atoms with Crippen molar-refractivity contribution in [3.8, 4) is 11.5 Å². The highest BCUT2D eigenvalue weighted by molar-refractivity contribution is 7.91. The molecule has 3 rings (SSSR count). The van der Waals surface area contributed by atoms with Gasteiger partial charge in [-0.15, -0.1) is 0 Å². The molecule has 0 spiro atoms. The molecule has 2 aromatic carbocycles. The molecule has 6 heteroatoms. The molecule has 0 aliphatic carbocycles. The van der Waals surface area contributed by atoms with E-state index >= 15 is 0 Å². The summed E-state index contributed by atoms with van der Waals surface area (Å²) in [4.78, 5) is 0.475. The second kappa shape index (κ2) is 6.60. The summed E-state index contributed by atoms with van der Waals surface area (Å²) in [7, 11) is -1.66. The van der Waals surface area contributed by atoms with Gasteiger partial charge in [-0.05, 0) is 37.9 Å². The molecule has 0 saturated carbocycles. The first-order chi connectivity index (χ1) is 11.1. The normalized spacial score (nSPS) is 17.0. The molecule has 0 unspecified atom stereocenters. The van der Waals surface area contributed by atoms with Gasteiger partial charge in [-0.25, -0.2) is 8.42 Å². The molecule has 2 aromatic rings. The van der Waals surface area contributed by atoms with E-state index in [2.05, 4.69) is 5.32 Å². The lowest BCUT2D eigenvalue weighted by Crippen LogP contribution is -2.31. The maximum Gasteiger partial charge on any atom is 0.206 e. The van der Waals surface area contributed by atoms with Crippen LogP contribution in [0.5, 0.6) is 11.5 Å². The molecule has 0 saturated heterocycles. The number of rotatable bonds is 5. The molecule has 0 amide bonds. The van der Waals surface area contributed by atoms with Gasteiger partial charge in [0.05, 0.1) is 9.79 Å². The minimum atomic E-state index is -3.55. The molecular formula is C17H19NO4S. The van der Waals surface area contributed by atoms with Crippen LogP contribution in [0.15, 0.2) is 58.3 Å². The monoisotopic (exact) mass is 333 g/mol. The topological polar surface area (TPSA) is 64.6 Å². The van der Waals surface area contributed by atoms with Crippen LogP contribution in [-0.2, 0) is 9.84 Å². The number of fused-ring (bicyclic) bond motifs is 1. The zero-order valence-corrected chi connectivity index (χ0v) is 13.7. The first-order valence-electron chi connectivity index (χ1n) is 7.49. The number of benzene rings is 2. The van der Waals surface area contributed by atoms with Crippen molar-refractivity contribution < 1.29 is 17.9 Å². The lowest BCUT2D eigenvalue weighted by molar-refractivity contribution is 0.0850. The highest BCUT2D eigenvalue weighted by Crippen LogP contribution is 2.35. The van der Waals surface area contributed by atoms with E-state index in [1.165, 1.54) is 6.07 Å². The molecule has 1 aliphatic rings. The molecule has 1 heterocycles. The fourth-order valence-electron chi connectivity index (χ4n) is 2.45. The summed E-state index contributed by atoms with van der Waals surface area (Å²) in [6.07, 6.45) is 0.812. The van der Waals surface area contributed by atoms with Crippen LogP contribution in [0.3, 0.4) is 0 Å². The Bertz CT molecular complexity index is 774. The molecule has 5 nitrogen and oxygen atoms in total. The maximum absolute atomic E-state index is 12.6. The van der Waals surface area contributed by atoms with Crippen molar-refractivity contribution in [3.05, 3.63) is 48.5 Å². The molecule has 0 bridgehead atoms. The van der Waals surface area contributed by atoms with Crippen molar-refractivity contribution in [1.29, 1.82) is 0 Å². The number of ether oxygens (including phenoxy) is 2. The third-order valence-corrected chi connectivity index (χ3v) is 5.48. The zero-order valence-electron chi connectivity index (χ0n) is 12.9. The molecule has 1 aliphatic heterocycles. The zero-order chi connectivity index (χ0) is 16.3. The van der Waals surface area contributed by atoms with E-state index in [1.807, 2.05) is 7.05 Å². The van der Waals surface area contributed by atoms with Crippen LogP contribution in [0, 0.1) is 0 Å². The van der Waals surface area contributed by atoms with Gasteiger partial charge in [0.15, 0.2) is 11.5 Å². The Morgan fingerprint density at radius 1 is 1.09 bits per heavy atom. The van der Waals surface area contributed by atoms with Gasteiger partial charge >= 0.3 is 0 Å². The second-order valence-corrected chi connectivity index (χ2v) is 7.32. The van der Waals surface area contributed by atoms with E-state index in [0.717, 1.165) is 13.0 Å². The predicted molar refractivity (Wildman–Crippen MR) is 86.8 cm³/mol. The molecule has 0 fully saturated rings. The van der Waals surface area contributed by atoms with Crippen LogP contribution in [0.2, 0.25) is 0 Å². The van der Waals surface area contributed by atoms with Crippen molar-refractivity contribution >= 4 is 9.84 Å². The van der Waals surface area contributed by atoms with Crippen molar-refractivity contribution in [2.75, 3.05) is 20.2 Å². The summed E-state index contributed by atoms with van der Waals surface area (Å²) < 4.78 is 36.8. The summed E-state index contributed by atoms with van der Waals surface area (Å²) >= 11 is 0. The van der Waals surface area contributed by atoms with E-state index < -0.39 is 9.84 Å². The van der Waals surface area contributed by atoms with Gasteiger partial charge < -0.3 is 14.8 Å².